The molecular weight excluding hydrogens is 462 g/mol. The van der Waals surface area contributed by atoms with E-state index in [1.165, 1.54) is 0 Å². The summed E-state index contributed by atoms with van der Waals surface area (Å²) in [7, 11) is -3.43. The van der Waals surface area contributed by atoms with Crippen LogP contribution in [0.3, 0.4) is 0 Å². The fourth-order valence-corrected chi connectivity index (χ4v) is 3.32. The second-order valence-corrected chi connectivity index (χ2v) is 8.49. The maximum Gasteiger partial charge on any atom is 0.264 e. The van der Waals surface area contributed by atoms with Gasteiger partial charge in [-0.3, -0.25) is 9.17 Å². The molecule has 0 aliphatic heterocycles. The quantitative estimate of drug-likeness (QED) is 0.324. The van der Waals surface area contributed by atoms with E-state index in [-0.39, 0.29) is 13.2 Å². The van der Waals surface area contributed by atoms with Gasteiger partial charge in [0.15, 0.2) is 0 Å². The fourth-order valence-electron chi connectivity index (χ4n) is 2.45. The van der Waals surface area contributed by atoms with Crippen molar-refractivity contribution in [3.8, 4) is 22.7 Å². The van der Waals surface area contributed by atoms with Crippen molar-refractivity contribution < 1.29 is 22.1 Å². The standard InChI is InChI=1S/C19H20BrN3O5S/c1-29(24,25)28-13-11-26-10-12-27-17-4-2-16(3-5-17)23-14-18(20)19(22-23)15-6-8-21-9-7-15/h2-9,14H,10-13H2,1H3. The van der Waals surface area contributed by atoms with Crippen molar-refractivity contribution in [2.24, 2.45) is 0 Å². The number of hydrogen-bond acceptors (Lipinski definition) is 7. The molecule has 10 heteroatoms. The fraction of sp³-hybridized carbons (Fsp3) is 0.263. The Morgan fingerprint density at radius 2 is 1.69 bits per heavy atom. The molecule has 2 heterocycles. The van der Waals surface area contributed by atoms with Crippen molar-refractivity contribution in [1.29, 1.82) is 0 Å². The molecule has 1 aromatic carbocycles. The van der Waals surface area contributed by atoms with Gasteiger partial charge in [-0.2, -0.15) is 13.5 Å². The van der Waals surface area contributed by atoms with Crippen molar-refractivity contribution in [3.05, 3.63) is 59.5 Å². The lowest BCUT2D eigenvalue weighted by atomic mass is 10.2. The van der Waals surface area contributed by atoms with Crippen molar-refractivity contribution in [1.82, 2.24) is 14.8 Å². The van der Waals surface area contributed by atoms with Gasteiger partial charge in [-0.1, -0.05) is 0 Å². The van der Waals surface area contributed by atoms with Crippen LogP contribution in [0.2, 0.25) is 0 Å². The van der Waals surface area contributed by atoms with E-state index >= 15 is 0 Å². The maximum atomic E-state index is 10.8. The highest BCUT2D eigenvalue weighted by Crippen LogP contribution is 2.27. The second kappa shape index (κ2) is 9.97. The molecule has 0 fully saturated rings. The van der Waals surface area contributed by atoms with E-state index in [0.717, 1.165) is 27.7 Å². The number of rotatable bonds is 10. The molecule has 0 radical (unpaired) electrons. The van der Waals surface area contributed by atoms with Crippen molar-refractivity contribution >= 4 is 26.0 Å². The third-order valence-corrected chi connectivity index (χ3v) is 4.92. The molecule has 3 aromatic rings. The van der Waals surface area contributed by atoms with E-state index in [4.69, 9.17) is 9.47 Å². The number of benzene rings is 1. The number of nitrogens with zero attached hydrogens (tertiary/aromatic N) is 3. The molecule has 0 unspecified atom stereocenters. The zero-order valence-corrected chi connectivity index (χ0v) is 18.1. The van der Waals surface area contributed by atoms with Gasteiger partial charge in [0, 0.05) is 24.2 Å². The number of ether oxygens (including phenoxy) is 2. The molecule has 0 amide bonds. The van der Waals surface area contributed by atoms with E-state index in [1.54, 1.807) is 17.1 Å². The summed E-state index contributed by atoms with van der Waals surface area (Å²) in [6.07, 6.45) is 6.37. The van der Waals surface area contributed by atoms with E-state index in [1.807, 2.05) is 42.6 Å². The first kappa shape index (κ1) is 21.4. The van der Waals surface area contributed by atoms with E-state index in [9.17, 15) is 8.42 Å². The van der Waals surface area contributed by atoms with Gasteiger partial charge in [0.05, 0.1) is 36.2 Å². The Balaban J connectivity index is 1.49. The lowest BCUT2D eigenvalue weighted by molar-refractivity contribution is 0.0781. The summed E-state index contributed by atoms with van der Waals surface area (Å²) in [5.41, 5.74) is 2.71. The van der Waals surface area contributed by atoms with Crippen LogP contribution in [0.25, 0.3) is 16.9 Å². The third-order valence-electron chi connectivity index (χ3n) is 3.75. The molecule has 154 valence electrons. The molecule has 8 nitrogen and oxygen atoms in total. The zero-order valence-electron chi connectivity index (χ0n) is 15.7. The second-order valence-electron chi connectivity index (χ2n) is 5.99. The van der Waals surface area contributed by atoms with Crippen LogP contribution < -0.4 is 4.74 Å². The maximum absolute atomic E-state index is 10.8. The molecule has 0 aliphatic carbocycles. The lowest BCUT2D eigenvalue weighted by Crippen LogP contribution is -2.13. The Kier molecular flexibility index (Phi) is 7.37. The molecule has 0 atom stereocenters. The number of halogens is 1. The normalized spacial score (nSPS) is 11.5. The van der Waals surface area contributed by atoms with Gasteiger partial charge in [0.2, 0.25) is 0 Å². The first-order valence-corrected chi connectivity index (χ1v) is 11.3. The van der Waals surface area contributed by atoms with Crippen LogP contribution in [0.1, 0.15) is 0 Å². The van der Waals surface area contributed by atoms with Crippen LogP contribution in [-0.2, 0) is 19.0 Å². The van der Waals surface area contributed by atoms with E-state index in [0.29, 0.717) is 19.0 Å². The molecule has 2 aromatic heterocycles. The summed E-state index contributed by atoms with van der Waals surface area (Å²) in [6.45, 7) is 0.853. The van der Waals surface area contributed by atoms with E-state index < -0.39 is 10.1 Å². The molecule has 0 aliphatic rings. The predicted molar refractivity (Wildman–Crippen MR) is 112 cm³/mol. The van der Waals surface area contributed by atoms with Crippen molar-refractivity contribution in [3.63, 3.8) is 0 Å². The Hall–Kier alpha value is -2.27. The summed E-state index contributed by atoms with van der Waals surface area (Å²) < 4.78 is 39.8. The molecule has 0 saturated heterocycles. The lowest BCUT2D eigenvalue weighted by Gasteiger charge is -2.08. The van der Waals surface area contributed by atoms with E-state index in [2.05, 4.69) is 30.2 Å². The Bertz CT molecular complexity index is 1020. The Morgan fingerprint density at radius 3 is 2.38 bits per heavy atom. The van der Waals surface area contributed by atoms with Gasteiger partial charge in [0.25, 0.3) is 10.1 Å². The number of pyridine rings is 1. The van der Waals surface area contributed by atoms with Gasteiger partial charge in [-0.05, 0) is 52.3 Å². The van der Waals surface area contributed by atoms with Crippen molar-refractivity contribution in [2.45, 2.75) is 0 Å². The average molecular weight is 482 g/mol. The highest BCUT2D eigenvalue weighted by Gasteiger charge is 2.10. The molecule has 0 saturated carbocycles. The van der Waals surface area contributed by atoms with Crippen LogP contribution >= 0.6 is 15.9 Å². The zero-order chi connectivity index (χ0) is 20.7. The first-order chi connectivity index (χ1) is 13.9. The number of aromatic nitrogens is 3. The van der Waals surface area contributed by atoms with Crippen molar-refractivity contribution in [2.75, 3.05) is 32.7 Å². The first-order valence-electron chi connectivity index (χ1n) is 8.73. The minimum Gasteiger partial charge on any atom is -0.491 e. The van der Waals surface area contributed by atoms with Crippen LogP contribution in [0.4, 0.5) is 0 Å². The number of hydrogen-bond donors (Lipinski definition) is 0. The van der Waals surface area contributed by atoms with Crippen LogP contribution in [0, 0.1) is 0 Å². The minimum atomic E-state index is -3.43. The summed E-state index contributed by atoms with van der Waals surface area (Å²) in [6, 6.07) is 11.3. The molecule has 3 rings (SSSR count). The topological polar surface area (TPSA) is 92.5 Å². The van der Waals surface area contributed by atoms with Crippen LogP contribution in [0.15, 0.2) is 59.5 Å². The Morgan fingerprint density at radius 1 is 1.00 bits per heavy atom. The Labute approximate surface area is 177 Å². The third kappa shape index (κ3) is 6.64. The molecule has 0 spiro atoms. The summed E-state index contributed by atoms with van der Waals surface area (Å²) >= 11 is 3.55. The summed E-state index contributed by atoms with van der Waals surface area (Å²) in [4.78, 5) is 4.03. The minimum absolute atomic E-state index is 0.00551. The monoisotopic (exact) mass is 481 g/mol. The molecule has 0 bridgehead atoms. The molecular formula is C19H20BrN3O5S. The summed E-state index contributed by atoms with van der Waals surface area (Å²) in [5, 5.41) is 4.63. The van der Waals surface area contributed by atoms with Crippen LogP contribution in [-0.4, -0.2) is 55.9 Å². The van der Waals surface area contributed by atoms with Gasteiger partial charge in [0.1, 0.15) is 18.1 Å². The average Bonchev–Trinajstić information content (AvgIpc) is 3.09. The predicted octanol–water partition coefficient (Wildman–Crippen LogP) is 3.07. The molecule has 29 heavy (non-hydrogen) atoms. The largest absolute Gasteiger partial charge is 0.491 e. The van der Waals surface area contributed by atoms with Gasteiger partial charge >= 0.3 is 0 Å². The van der Waals surface area contributed by atoms with Gasteiger partial charge in [-0.25, -0.2) is 4.68 Å². The highest BCUT2D eigenvalue weighted by molar-refractivity contribution is 9.10. The highest BCUT2D eigenvalue weighted by atomic mass is 79.9. The molecule has 0 N–H and O–H groups in total. The van der Waals surface area contributed by atoms with Gasteiger partial charge in [-0.15, -0.1) is 0 Å². The smallest absolute Gasteiger partial charge is 0.264 e. The van der Waals surface area contributed by atoms with Crippen LogP contribution in [0.5, 0.6) is 5.75 Å². The summed E-state index contributed by atoms with van der Waals surface area (Å²) in [5.74, 6) is 0.699. The SMILES string of the molecule is CS(=O)(=O)OCCOCCOc1ccc(-n2cc(Br)c(-c3ccncc3)n2)cc1. The van der Waals surface area contributed by atoms with Gasteiger partial charge < -0.3 is 9.47 Å².